The molecule has 21 heavy (non-hydrogen) atoms. The standard InChI is InChI=1S/C19H32N2/c1-4-13-20-19(18-12-8-5-9-16(18)2)15-21(3)14-17-10-6-7-11-17/h5,8-9,12,17,19-20H,4,6-7,10-11,13-15H2,1-3H3. The first-order valence-electron chi connectivity index (χ1n) is 8.68. The molecule has 0 bridgehead atoms. The molecule has 118 valence electrons. The molecule has 0 aromatic heterocycles. The second-order valence-corrected chi connectivity index (χ2v) is 6.73. The topological polar surface area (TPSA) is 15.3 Å². The van der Waals surface area contributed by atoms with Gasteiger partial charge in [0.05, 0.1) is 0 Å². The number of hydrogen-bond donors (Lipinski definition) is 1. The van der Waals surface area contributed by atoms with Gasteiger partial charge in [-0.2, -0.15) is 0 Å². The van der Waals surface area contributed by atoms with Crippen LogP contribution in [0, 0.1) is 12.8 Å². The summed E-state index contributed by atoms with van der Waals surface area (Å²) in [5.41, 5.74) is 2.87. The average molecular weight is 288 g/mol. The first-order chi connectivity index (χ1) is 10.2. The minimum absolute atomic E-state index is 0.456. The minimum atomic E-state index is 0.456. The number of aryl methyl sites for hydroxylation is 1. The number of nitrogens with zero attached hydrogens (tertiary/aromatic N) is 1. The molecule has 2 rings (SSSR count). The smallest absolute Gasteiger partial charge is 0.0451 e. The van der Waals surface area contributed by atoms with Crippen LogP contribution in [0.2, 0.25) is 0 Å². The van der Waals surface area contributed by atoms with Crippen LogP contribution in [0.1, 0.15) is 56.2 Å². The molecule has 0 amide bonds. The first-order valence-corrected chi connectivity index (χ1v) is 8.68. The van der Waals surface area contributed by atoms with Gasteiger partial charge in [-0.15, -0.1) is 0 Å². The van der Waals surface area contributed by atoms with Crippen molar-refractivity contribution >= 4 is 0 Å². The number of rotatable bonds is 8. The summed E-state index contributed by atoms with van der Waals surface area (Å²) in [6.45, 7) is 7.94. The Hall–Kier alpha value is -0.860. The van der Waals surface area contributed by atoms with Gasteiger partial charge in [0.2, 0.25) is 0 Å². The molecule has 1 aromatic rings. The highest BCUT2D eigenvalue weighted by Crippen LogP contribution is 2.26. The molecule has 1 aromatic carbocycles. The van der Waals surface area contributed by atoms with Gasteiger partial charge in [-0.05, 0) is 56.8 Å². The van der Waals surface area contributed by atoms with Crippen LogP contribution < -0.4 is 5.32 Å². The highest BCUT2D eigenvalue weighted by Gasteiger charge is 2.20. The number of benzene rings is 1. The molecule has 1 fully saturated rings. The van der Waals surface area contributed by atoms with Crippen molar-refractivity contribution in [2.24, 2.45) is 5.92 Å². The lowest BCUT2D eigenvalue weighted by Crippen LogP contribution is -2.36. The number of likely N-dealkylation sites (N-methyl/N-ethyl adjacent to an activating group) is 1. The van der Waals surface area contributed by atoms with Crippen LogP contribution in [0.4, 0.5) is 0 Å². The summed E-state index contributed by atoms with van der Waals surface area (Å²) < 4.78 is 0. The van der Waals surface area contributed by atoms with Gasteiger partial charge in [0, 0.05) is 19.1 Å². The van der Waals surface area contributed by atoms with E-state index in [2.05, 4.69) is 55.4 Å². The third-order valence-electron chi connectivity index (χ3n) is 4.74. The summed E-state index contributed by atoms with van der Waals surface area (Å²) in [5, 5.41) is 3.74. The van der Waals surface area contributed by atoms with Crippen molar-refractivity contribution in [2.75, 3.05) is 26.7 Å². The third kappa shape index (κ3) is 5.12. The van der Waals surface area contributed by atoms with E-state index in [0.29, 0.717) is 6.04 Å². The lowest BCUT2D eigenvalue weighted by atomic mass is 10.00. The fraction of sp³-hybridized carbons (Fsp3) is 0.684. The molecule has 1 aliphatic rings. The second kappa shape index (κ2) is 8.55. The predicted octanol–water partition coefficient (Wildman–Crippen LogP) is 4.16. The summed E-state index contributed by atoms with van der Waals surface area (Å²) in [6, 6.07) is 9.27. The van der Waals surface area contributed by atoms with Crippen molar-refractivity contribution in [3.63, 3.8) is 0 Å². The summed E-state index contributed by atoms with van der Waals surface area (Å²) >= 11 is 0. The van der Waals surface area contributed by atoms with E-state index < -0.39 is 0 Å². The number of hydrogen-bond acceptors (Lipinski definition) is 2. The molecule has 1 aliphatic carbocycles. The Morgan fingerprint density at radius 2 is 1.95 bits per heavy atom. The van der Waals surface area contributed by atoms with E-state index in [-0.39, 0.29) is 0 Å². The molecule has 2 nitrogen and oxygen atoms in total. The molecule has 1 atom stereocenters. The van der Waals surface area contributed by atoms with Gasteiger partial charge in [0.15, 0.2) is 0 Å². The van der Waals surface area contributed by atoms with E-state index in [0.717, 1.165) is 19.0 Å². The van der Waals surface area contributed by atoms with Gasteiger partial charge in [0.25, 0.3) is 0 Å². The van der Waals surface area contributed by atoms with Crippen LogP contribution in [-0.4, -0.2) is 31.6 Å². The van der Waals surface area contributed by atoms with Crippen molar-refractivity contribution < 1.29 is 0 Å². The fourth-order valence-electron chi connectivity index (χ4n) is 3.59. The normalized spacial score (nSPS) is 17.5. The van der Waals surface area contributed by atoms with E-state index in [1.54, 1.807) is 0 Å². The summed E-state index contributed by atoms with van der Waals surface area (Å²) in [5.74, 6) is 0.929. The predicted molar refractivity (Wildman–Crippen MR) is 91.7 cm³/mol. The molecule has 0 spiro atoms. The highest BCUT2D eigenvalue weighted by atomic mass is 15.1. The van der Waals surface area contributed by atoms with E-state index in [9.17, 15) is 0 Å². The Morgan fingerprint density at radius 1 is 1.24 bits per heavy atom. The van der Waals surface area contributed by atoms with Crippen LogP contribution >= 0.6 is 0 Å². The molecular formula is C19H32N2. The summed E-state index contributed by atoms with van der Waals surface area (Å²) in [7, 11) is 2.29. The van der Waals surface area contributed by atoms with Gasteiger partial charge < -0.3 is 10.2 Å². The molecule has 1 saturated carbocycles. The van der Waals surface area contributed by atoms with Crippen molar-refractivity contribution in [1.29, 1.82) is 0 Å². The monoisotopic (exact) mass is 288 g/mol. The minimum Gasteiger partial charge on any atom is -0.309 e. The summed E-state index contributed by atoms with van der Waals surface area (Å²) in [6.07, 6.45) is 6.93. The van der Waals surface area contributed by atoms with Crippen LogP contribution in [0.25, 0.3) is 0 Å². The second-order valence-electron chi connectivity index (χ2n) is 6.73. The molecule has 2 heteroatoms. The van der Waals surface area contributed by atoms with Crippen LogP contribution in [0.3, 0.4) is 0 Å². The van der Waals surface area contributed by atoms with Gasteiger partial charge in [-0.1, -0.05) is 44.0 Å². The van der Waals surface area contributed by atoms with E-state index in [1.165, 1.54) is 49.8 Å². The Bertz CT molecular complexity index is 410. The van der Waals surface area contributed by atoms with E-state index in [1.807, 2.05) is 0 Å². The van der Waals surface area contributed by atoms with E-state index in [4.69, 9.17) is 0 Å². The lowest BCUT2D eigenvalue weighted by Gasteiger charge is -2.28. The van der Waals surface area contributed by atoms with Gasteiger partial charge in [-0.25, -0.2) is 0 Å². The molecular weight excluding hydrogens is 256 g/mol. The first kappa shape index (κ1) is 16.5. The highest BCUT2D eigenvalue weighted by molar-refractivity contribution is 5.29. The molecule has 1 N–H and O–H groups in total. The molecule has 1 unspecified atom stereocenters. The maximum atomic E-state index is 3.74. The Morgan fingerprint density at radius 3 is 2.62 bits per heavy atom. The average Bonchev–Trinajstić information content (AvgIpc) is 2.97. The van der Waals surface area contributed by atoms with Crippen LogP contribution in [-0.2, 0) is 0 Å². The SMILES string of the molecule is CCCNC(CN(C)CC1CCCC1)c1ccccc1C. The lowest BCUT2D eigenvalue weighted by molar-refractivity contribution is 0.249. The van der Waals surface area contributed by atoms with E-state index >= 15 is 0 Å². The Kier molecular flexibility index (Phi) is 6.72. The maximum absolute atomic E-state index is 3.74. The quantitative estimate of drug-likeness (QED) is 0.773. The molecule has 0 saturated heterocycles. The van der Waals surface area contributed by atoms with Gasteiger partial charge in [-0.3, -0.25) is 0 Å². The number of nitrogens with one attached hydrogen (secondary N) is 1. The molecule has 0 heterocycles. The maximum Gasteiger partial charge on any atom is 0.0451 e. The molecule has 0 aliphatic heterocycles. The van der Waals surface area contributed by atoms with Gasteiger partial charge >= 0.3 is 0 Å². The van der Waals surface area contributed by atoms with Crippen LogP contribution in [0.5, 0.6) is 0 Å². The molecule has 0 radical (unpaired) electrons. The largest absolute Gasteiger partial charge is 0.309 e. The zero-order valence-electron chi connectivity index (χ0n) is 14.1. The van der Waals surface area contributed by atoms with Crippen molar-refractivity contribution in [1.82, 2.24) is 10.2 Å². The summed E-state index contributed by atoms with van der Waals surface area (Å²) in [4.78, 5) is 2.54. The zero-order chi connectivity index (χ0) is 15.1. The Balaban J connectivity index is 1.96. The third-order valence-corrected chi connectivity index (χ3v) is 4.74. The zero-order valence-corrected chi connectivity index (χ0v) is 14.1. The van der Waals surface area contributed by atoms with Crippen molar-refractivity contribution in [3.8, 4) is 0 Å². The Labute approximate surface area is 130 Å². The van der Waals surface area contributed by atoms with Gasteiger partial charge in [0.1, 0.15) is 0 Å². The van der Waals surface area contributed by atoms with Crippen molar-refractivity contribution in [2.45, 2.75) is 52.0 Å². The van der Waals surface area contributed by atoms with Crippen molar-refractivity contribution in [3.05, 3.63) is 35.4 Å². The fourth-order valence-corrected chi connectivity index (χ4v) is 3.59. The van der Waals surface area contributed by atoms with Crippen LogP contribution in [0.15, 0.2) is 24.3 Å².